The second-order valence-corrected chi connectivity index (χ2v) is 5.98. The van der Waals surface area contributed by atoms with Crippen LogP contribution in [-0.2, 0) is 0 Å². The molecule has 28 heavy (non-hydrogen) atoms. The lowest BCUT2D eigenvalue weighted by Gasteiger charge is -2.09. The van der Waals surface area contributed by atoms with Crippen LogP contribution >= 0.6 is 0 Å². The van der Waals surface area contributed by atoms with Crippen LogP contribution < -0.4 is 20.5 Å². The summed E-state index contributed by atoms with van der Waals surface area (Å²) in [5.74, 6) is 3.20. The first-order valence-electron chi connectivity index (χ1n) is 8.70. The van der Waals surface area contributed by atoms with Crippen molar-refractivity contribution in [1.29, 1.82) is 0 Å². The molecule has 0 aliphatic heterocycles. The molecule has 0 aliphatic carbocycles. The van der Waals surface area contributed by atoms with Gasteiger partial charge in [0.15, 0.2) is 0 Å². The van der Waals surface area contributed by atoms with Crippen LogP contribution in [0.2, 0.25) is 0 Å². The van der Waals surface area contributed by atoms with Gasteiger partial charge in [-0.25, -0.2) is 9.97 Å². The minimum absolute atomic E-state index is 0.429. The third-order valence-corrected chi connectivity index (χ3v) is 3.83. The van der Waals surface area contributed by atoms with Crippen molar-refractivity contribution in [2.45, 2.75) is 0 Å². The first-order valence-corrected chi connectivity index (χ1v) is 8.70. The van der Waals surface area contributed by atoms with E-state index in [4.69, 9.17) is 15.2 Å². The van der Waals surface area contributed by atoms with Crippen LogP contribution in [0.4, 0.5) is 17.2 Å². The lowest BCUT2D eigenvalue weighted by atomic mass is 10.3. The van der Waals surface area contributed by atoms with E-state index in [1.807, 2.05) is 78.9 Å². The molecule has 3 N–H and O–H groups in total. The molecule has 0 amide bonds. The topological polar surface area (TPSA) is 82.3 Å². The zero-order valence-corrected chi connectivity index (χ0v) is 14.9. The van der Waals surface area contributed by atoms with Gasteiger partial charge in [0.25, 0.3) is 0 Å². The summed E-state index contributed by atoms with van der Waals surface area (Å²) in [6, 6.07) is 26.1. The number of aromatic nitrogens is 2. The van der Waals surface area contributed by atoms with E-state index in [1.54, 1.807) is 6.07 Å². The zero-order chi connectivity index (χ0) is 19.2. The van der Waals surface area contributed by atoms with Crippen LogP contribution in [0.3, 0.4) is 0 Å². The Hall–Kier alpha value is -4.06. The van der Waals surface area contributed by atoms with Crippen LogP contribution in [0.1, 0.15) is 0 Å². The fourth-order valence-electron chi connectivity index (χ4n) is 2.55. The van der Waals surface area contributed by atoms with E-state index >= 15 is 0 Å². The lowest BCUT2D eigenvalue weighted by molar-refractivity contribution is 0.456. The molecule has 0 radical (unpaired) electrons. The van der Waals surface area contributed by atoms with E-state index < -0.39 is 0 Å². The Morgan fingerprint density at radius 2 is 1.39 bits per heavy atom. The number of rotatable bonds is 6. The molecule has 138 valence electrons. The Morgan fingerprint density at radius 3 is 2.14 bits per heavy atom. The largest absolute Gasteiger partial charge is 0.457 e. The van der Waals surface area contributed by atoms with Gasteiger partial charge in [0.2, 0.25) is 5.88 Å². The molecule has 0 aliphatic rings. The number of hydrogen-bond donors (Lipinski definition) is 2. The number of nitrogens with zero attached hydrogens (tertiary/aromatic N) is 2. The van der Waals surface area contributed by atoms with Gasteiger partial charge >= 0.3 is 0 Å². The molecule has 6 nitrogen and oxygen atoms in total. The smallest absolute Gasteiger partial charge is 0.224 e. The monoisotopic (exact) mass is 370 g/mol. The standard InChI is InChI=1S/C22H18N4O2/c23-16-5-4-6-17(13-16)26-21-14-22(25-15-24-21)28-20-11-9-19(10-12-20)27-18-7-2-1-3-8-18/h1-15H,23H2,(H,24,25,26). The molecule has 4 aromatic rings. The average molecular weight is 370 g/mol. The Bertz CT molecular complexity index is 1050. The molecular formula is C22H18N4O2. The van der Waals surface area contributed by atoms with E-state index in [1.165, 1.54) is 6.33 Å². The molecule has 0 unspecified atom stereocenters. The van der Waals surface area contributed by atoms with Crippen molar-refractivity contribution < 1.29 is 9.47 Å². The minimum atomic E-state index is 0.429. The summed E-state index contributed by atoms with van der Waals surface area (Å²) in [6.45, 7) is 0. The molecule has 3 aromatic carbocycles. The van der Waals surface area contributed by atoms with Crippen LogP contribution in [-0.4, -0.2) is 9.97 Å². The van der Waals surface area contributed by atoms with Crippen molar-refractivity contribution in [2.24, 2.45) is 0 Å². The molecule has 1 aromatic heterocycles. The highest BCUT2D eigenvalue weighted by Crippen LogP contribution is 2.27. The Kier molecular flexibility index (Phi) is 5.02. The van der Waals surface area contributed by atoms with Crippen molar-refractivity contribution >= 4 is 17.2 Å². The van der Waals surface area contributed by atoms with Crippen molar-refractivity contribution in [3.05, 3.63) is 91.3 Å². The SMILES string of the molecule is Nc1cccc(Nc2cc(Oc3ccc(Oc4ccccc4)cc3)ncn2)c1. The fraction of sp³-hybridized carbons (Fsp3) is 0. The second-order valence-electron chi connectivity index (χ2n) is 5.98. The van der Waals surface area contributed by atoms with E-state index in [9.17, 15) is 0 Å². The maximum Gasteiger partial charge on any atom is 0.224 e. The molecule has 1 heterocycles. The molecule has 0 saturated heterocycles. The van der Waals surface area contributed by atoms with Gasteiger partial charge in [-0.1, -0.05) is 24.3 Å². The average Bonchev–Trinajstić information content (AvgIpc) is 2.71. The van der Waals surface area contributed by atoms with Gasteiger partial charge in [0, 0.05) is 17.4 Å². The van der Waals surface area contributed by atoms with Gasteiger partial charge in [-0.05, 0) is 54.6 Å². The van der Waals surface area contributed by atoms with Gasteiger partial charge in [-0.15, -0.1) is 0 Å². The van der Waals surface area contributed by atoms with E-state index in [0.29, 0.717) is 23.1 Å². The van der Waals surface area contributed by atoms with Gasteiger partial charge in [0.1, 0.15) is 29.4 Å². The van der Waals surface area contributed by atoms with Crippen molar-refractivity contribution in [3.8, 4) is 23.1 Å². The number of ether oxygens (including phenoxy) is 2. The van der Waals surface area contributed by atoms with Crippen LogP contribution in [0.25, 0.3) is 0 Å². The minimum Gasteiger partial charge on any atom is -0.457 e. The Balaban J connectivity index is 1.42. The highest BCUT2D eigenvalue weighted by Gasteiger charge is 2.04. The predicted octanol–water partition coefficient (Wildman–Crippen LogP) is 5.39. The fourth-order valence-corrected chi connectivity index (χ4v) is 2.55. The first-order chi connectivity index (χ1) is 13.7. The second kappa shape index (κ2) is 8.09. The van der Waals surface area contributed by atoms with Gasteiger partial charge < -0.3 is 20.5 Å². The summed E-state index contributed by atoms with van der Waals surface area (Å²) < 4.78 is 11.6. The zero-order valence-electron chi connectivity index (χ0n) is 14.9. The summed E-state index contributed by atoms with van der Waals surface area (Å²) in [7, 11) is 0. The first kappa shape index (κ1) is 17.4. The molecule has 0 bridgehead atoms. The van der Waals surface area contributed by atoms with E-state index in [0.717, 1.165) is 17.2 Å². The molecule has 0 atom stereocenters. The molecule has 6 heteroatoms. The van der Waals surface area contributed by atoms with Gasteiger partial charge in [-0.3, -0.25) is 0 Å². The molecular weight excluding hydrogens is 352 g/mol. The quantitative estimate of drug-likeness (QED) is 0.443. The number of para-hydroxylation sites is 1. The van der Waals surface area contributed by atoms with Crippen LogP contribution in [0.15, 0.2) is 91.3 Å². The highest BCUT2D eigenvalue weighted by molar-refractivity contribution is 5.61. The summed E-state index contributed by atoms with van der Waals surface area (Å²) in [5.41, 5.74) is 7.31. The van der Waals surface area contributed by atoms with Crippen molar-refractivity contribution in [1.82, 2.24) is 9.97 Å². The molecule has 4 rings (SSSR count). The van der Waals surface area contributed by atoms with Crippen molar-refractivity contribution in [2.75, 3.05) is 11.1 Å². The summed E-state index contributed by atoms with van der Waals surface area (Å²) in [5, 5.41) is 3.18. The molecule has 0 fully saturated rings. The van der Waals surface area contributed by atoms with Gasteiger partial charge in [0.05, 0.1) is 0 Å². The lowest BCUT2D eigenvalue weighted by Crippen LogP contribution is -1.96. The summed E-state index contributed by atoms with van der Waals surface area (Å²) >= 11 is 0. The number of hydrogen-bond acceptors (Lipinski definition) is 6. The maximum absolute atomic E-state index is 5.81. The normalized spacial score (nSPS) is 10.3. The van der Waals surface area contributed by atoms with Crippen LogP contribution in [0.5, 0.6) is 23.1 Å². The third kappa shape index (κ3) is 4.56. The molecule has 0 saturated carbocycles. The Morgan fingerprint density at radius 1 is 0.679 bits per heavy atom. The van der Waals surface area contributed by atoms with E-state index in [-0.39, 0.29) is 0 Å². The van der Waals surface area contributed by atoms with Crippen LogP contribution in [0, 0.1) is 0 Å². The predicted molar refractivity (Wildman–Crippen MR) is 109 cm³/mol. The maximum atomic E-state index is 5.81. The number of nitrogens with two attached hydrogens (primary N) is 1. The van der Waals surface area contributed by atoms with Crippen molar-refractivity contribution in [3.63, 3.8) is 0 Å². The molecule has 0 spiro atoms. The van der Waals surface area contributed by atoms with Gasteiger partial charge in [-0.2, -0.15) is 0 Å². The van der Waals surface area contributed by atoms with E-state index in [2.05, 4.69) is 15.3 Å². The summed E-state index contributed by atoms with van der Waals surface area (Å²) in [4.78, 5) is 8.36. The number of benzene rings is 3. The number of nitrogen functional groups attached to an aromatic ring is 1. The summed E-state index contributed by atoms with van der Waals surface area (Å²) in [6.07, 6.45) is 1.44. The highest BCUT2D eigenvalue weighted by atomic mass is 16.5. The third-order valence-electron chi connectivity index (χ3n) is 3.83. The number of nitrogens with one attached hydrogen (secondary N) is 1. The number of anilines is 3. The Labute approximate surface area is 162 Å².